The largest absolute Gasteiger partial charge is 0.399 e. The second-order valence-electron chi connectivity index (χ2n) is 9.95. The number of hydrogen-bond acceptors (Lipinski definition) is 4. The Bertz CT molecular complexity index is 1290. The van der Waals surface area contributed by atoms with Gasteiger partial charge in [-0.3, -0.25) is 0 Å². The molecule has 8 N–H and O–H groups in total. The van der Waals surface area contributed by atoms with Crippen molar-refractivity contribution in [1.82, 2.24) is 0 Å². The molecule has 0 saturated heterocycles. The minimum absolute atomic E-state index is 0.848. The quantitative estimate of drug-likeness (QED) is 0.223. The van der Waals surface area contributed by atoms with E-state index in [0.717, 1.165) is 56.1 Å². The van der Waals surface area contributed by atoms with E-state index in [1.165, 1.54) is 33.4 Å². The normalized spacial score (nSPS) is 10.7. The minimum Gasteiger partial charge on any atom is -0.399 e. The molecule has 0 fully saturated rings. The van der Waals surface area contributed by atoms with Crippen LogP contribution in [0.3, 0.4) is 0 Å². The summed E-state index contributed by atoms with van der Waals surface area (Å²) in [5.41, 5.74) is 41.5. The van der Waals surface area contributed by atoms with Crippen LogP contribution in [0.4, 0.5) is 22.7 Å². The van der Waals surface area contributed by atoms with E-state index >= 15 is 0 Å². The molecule has 0 aliphatic carbocycles. The molecule has 0 radical (unpaired) electrons. The molecule has 0 bridgehead atoms. The molecule has 0 aliphatic rings. The van der Waals surface area contributed by atoms with E-state index in [2.05, 4.69) is 64.1 Å². The second kappa shape index (κ2) is 10.4. The number of rotatable bonds is 2. The molecule has 0 aliphatic heterocycles. The van der Waals surface area contributed by atoms with Gasteiger partial charge >= 0.3 is 0 Å². The number of anilines is 4. The van der Waals surface area contributed by atoms with Gasteiger partial charge in [0, 0.05) is 22.7 Å². The van der Waals surface area contributed by atoms with Crippen LogP contribution in [0, 0.1) is 55.4 Å². The first kappa shape index (κ1) is 26.7. The summed E-state index contributed by atoms with van der Waals surface area (Å²) >= 11 is 0. The fourth-order valence-electron chi connectivity index (χ4n) is 4.55. The van der Waals surface area contributed by atoms with Gasteiger partial charge in [-0.2, -0.15) is 0 Å². The monoisotopic (exact) mass is 480 g/mol. The Labute approximate surface area is 216 Å². The first-order chi connectivity index (χ1) is 16.8. The molecular weight excluding hydrogens is 440 g/mol. The van der Waals surface area contributed by atoms with Crippen LogP contribution in [0.15, 0.2) is 48.5 Å². The van der Waals surface area contributed by atoms with Crippen LogP contribution in [0.25, 0.3) is 22.3 Å². The van der Waals surface area contributed by atoms with E-state index in [1.54, 1.807) is 0 Å². The van der Waals surface area contributed by atoms with Crippen molar-refractivity contribution >= 4 is 22.7 Å². The van der Waals surface area contributed by atoms with E-state index in [4.69, 9.17) is 22.9 Å². The number of aryl methyl sites for hydroxylation is 4. The number of nitrogen functional groups attached to an aromatic ring is 4. The molecule has 36 heavy (non-hydrogen) atoms. The van der Waals surface area contributed by atoms with Crippen LogP contribution >= 0.6 is 0 Å². The first-order valence-corrected chi connectivity index (χ1v) is 12.3. The molecule has 0 aromatic heterocycles. The van der Waals surface area contributed by atoms with Gasteiger partial charge in [0.15, 0.2) is 0 Å². The smallest absolute Gasteiger partial charge is 0.0373 e. The Hall–Kier alpha value is -3.92. The van der Waals surface area contributed by atoms with Crippen molar-refractivity contribution in [3.05, 3.63) is 93.0 Å². The number of nitrogens with two attached hydrogens (primary N) is 4. The van der Waals surface area contributed by atoms with Crippen molar-refractivity contribution in [3.63, 3.8) is 0 Å². The van der Waals surface area contributed by atoms with Crippen molar-refractivity contribution in [2.75, 3.05) is 22.9 Å². The van der Waals surface area contributed by atoms with Gasteiger partial charge in [0.2, 0.25) is 0 Å². The maximum atomic E-state index is 5.99. The lowest BCUT2D eigenvalue weighted by Crippen LogP contribution is -1.98. The highest BCUT2D eigenvalue weighted by Crippen LogP contribution is 2.34. The summed E-state index contributed by atoms with van der Waals surface area (Å²) in [6, 6.07) is 16.7. The second-order valence-corrected chi connectivity index (χ2v) is 9.95. The summed E-state index contributed by atoms with van der Waals surface area (Å²) in [5, 5.41) is 0. The first-order valence-electron chi connectivity index (χ1n) is 12.3. The van der Waals surface area contributed by atoms with Crippen LogP contribution in [0.5, 0.6) is 0 Å². The van der Waals surface area contributed by atoms with Crippen LogP contribution in [0.1, 0.15) is 44.5 Å². The highest BCUT2D eigenvalue weighted by Gasteiger charge is 2.11. The zero-order chi connectivity index (χ0) is 26.9. The third-order valence-corrected chi connectivity index (χ3v) is 7.47. The maximum Gasteiger partial charge on any atom is 0.0373 e. The average molecular weight is 481 g/mol. The summed E-state index contributed by atoms with van der Waals surface area (Å²) < 4.78 is 0. The van der Waals surface area contributed by atoms with Crippen LogP contribution < -0.4 is 22.9 Å². The molecule has 4 heteroatoms. The van der Waals surface area contributed by atoms with Crippen molar-refractivity contribution < 1.29 is 0 Å². The van der Waals surface area contributed by atoms with Crippen LogP contribution in [-0.2, 0) is 0 Å². The molecule has 0 saturated carbocycles. The Morgan fingerprint density at radius 3 is 0.944 bits per heavy atom. The van der Waals surface area contributed by atoms with Gasteiger partial charge in [0.1, 0.15) is 0 Å². The zero-order valence-corrected chi connectivity index (χ0v) is 22.9. The van der Waals surface area contributed by atoms with Crippen molar-refractivity contribution in [2.24, 2.45) is 0 Å². The molecule has 188 valence electrons. The molecule has 0 atom stereocenters. The van der Waals surface area contributed by atoms with Crippen LogP contribution in [-0.4, -0.2) is 0 Å². The molecule has 4 rings (SSSR count). The molecule has 0 amide bonds. The number of benzene rings is 4. The SMILES string of the molecule is Cc1c(N)ccc(-c2ccc(N)c(C)c2C)c1C.Cc1cc(-c2cc(C)c(N)c(C)c2)cc(C)c1N. The Morgan fingerprint density at radius 1 is 0.389 bits per heavy atom. The highest BCUT2D eigenvalue weighted by molar-refractivity contribution is 5.77. The molecule has 0 spiro atoms. The molecule has 4 nitrogen and oxygen atoms in total. The van der Waals surface area contributed by atoms with Crippen molar-refractivity contribution in [3.8, 4) is 22.3 Å². The zero-order valence-electron chi connectivity index (χ0n) is 22.9. The predicted octanol–water partition coefficient (Wildman–Crippen LogP) is 7.50. The molecule has 0 unspecified atom stereocenters. The lowest BCUT2D eigenvalue weighted by molar-refractivity contribution is 1.30. The maximum absolute atomic E-state index is 5.99. The van der Waals surface area contributed by atoms with Crippen molar-refractivity contribution in [1.29, 1.82) is 0 Å². The third-order valence-electron chi connectivity index (χ3n) is 7.47. The fraction of sp³-hybridized carbons (Fsp3) is 0.250. The summed E-state index contributed by atoms with van der Waals surface area (Å²) in [7, 11) is 0. The molecule has 0 heterocycles. The van der Waals surface area contributed by atoms with Crippen LogP contribution in [0.2, 0.25) is 0 Å². The average Bonchev–Trinajstić information content (AvgIpc) is 2.83. The standard InChI is InChI=1S/2C16H20N2/c1-9-5-13(6-10(2)15(9)17)14-7-11(3)16(18)12(4)8-14;1-9-11(3)15(17)7-5-13(9)14-6-8-16(18)12(4)10(14)2/h2*5-8H,17-18H2,1-4H3. The summed E-state index contributed by atoms with van der Waals surface area (Å²) in [6.07, 6.45) is 0. The molecule has 4 aromatic carbocycles. The molecular formula is C32H40N4. The Balaban J connectivity index is 0.000000201. The van der Waals surface area contributed by atoms with Gasteiger partial charge in [0.25, 0.3) is 0 Å². The van der Waals surface area contributed by atoms with E-state index in [9.17, 15) is 0 Å². The van der Waals surface area contributed by atoms with Gasteiger partial charge in [0.05, 0.1) is 0 Å². The summed E-state index contributed by atoms with van der Waals surface area (Å²) in [6.45, 7) is 16.5. The highest BCUT2D eigenvalue weighted by atomic mass is 14.6. The molecule has 4 aromatic rings. The van der Waals surface area contributed by atoms with Gasteiger partial charge in [-0.05, 0) is 159 Å². The Kier molecular flexibility index (Phi) is 7.68. The van der Waals surface area contributed by atoms with Crippen molar-refractivity contribution in [2.45, 2.75) is 55.4 Å². The number of hydrogen-bond donors (Lipinski definition) is 4. The minimum atomic E-state index is 0.848. The third kappa shape index (κ3) is 5.18. The lowest BCUT2D eigenvalue weighted by Gasteiger charge is -2.15. The van der Waals surface area contributed by atoms with Gasteiger partial charge < -0.3 is 22.9 Å². The van der Waals surface area contributed by atoms with E-state index in [-0.39, 0.29) is 0 Å². The topological polar surface area (TPSA) is 104 Å². The fourth-order valence-corrected chi connectivity index (χ4v) is 4.55. The van der Waals surface area contributed by atoms with Gasteiger partial charge in [-0.15, -0.1) is 0 Å². The Morgan fingerprint density at radius 2 is 0.667 bits per heavy atom. The summed E-state index contributed by atoms with van der Waals surface area (Å²) in [4.78, 5) is 0. The van der Waals surface area contributed by atoms with E-state index in [0.29, 0.717) is 0 Å². The lowest BCUT2D eigenvalue weighted by atomic mass is 9.91. The summed E-state index contributed by atoms with van der Waals surface area (Å²) in [5.74, 6) is 0. The predicted molar refractivity (Wildman–Crippen MR) is 159 cm³/mol. The van der Waals surface area contributed by atoms with E-state index < -0.39 is 0 Å². The van der Waals surface area contributed by atoms with Gasteiger partial charge in [-0.25, -0.2) is 0 Å². The van der Waals surface area contributed by atoms with Gasteiger partial charge in [-0.1, -0.05) is 12.1 Å². The van der Waals surface area contributed by atoms with E-state index in [1.807, 2.05) is 39.8 Å².